The third-order valence-electron chi connectivity index (χ3n) is 9.33. The molecule has 2 bridgehead atoms. The minimum atomic E-state index is -5.04. The first kappa shape index (κ1) is 37.2. The molecule has 274 valence electrons. The van der Waals surface area contributed by atoms with Gasteiger partial charge in [-0.15, -0.1) is 4.28 Å². The summed E-state index contributed by atoms with van der Waals surface area (Å²) in [5.41, 5.74) is -0.0299. The van der Waals surface area contributed by atoms with E-state index in [2.05, 4.69) is 47.5 Å². The van der Waals surface area contributed by atoms with Crippen LogP contribution in [-0.2, 0) is 24.2 Å². The number of carbonyl (C=O) groups is 3. The summed E-state index contributed by atoms with van der Waals surface area (Å²) in [6, 6.07) is 27.7. The van der Waals surface area contributed by atoms with E-state index < -0.39 is 53.4 Å². The molecule has 0 radical (unpaired) electrons. The van der Waals surface area contributed by atoms with Gasteiger partial charge >= 0.3 is 22.5 Å². The quantitative estimate of drug-likeness (QED) is 0.175. The number of rotatable bonds is 10. The van der Waals surface area contributed by atoms with Crippen LogP contribution in [0.25, 0.3) is 0 Å². The molecule has 3 aromatic carbocycles. The van der Waals surface area contributed by atoms with Crippen LogP contribution in [0.4, 0.5) is 9.59 Å². The van der Waals surface area contributed by atoms with E-state index in [0.717, 1.165) is 15.9 Å². The lowest BCUT2D eigenvalue weighted by Crippen LogP contribution is -2.53. The van der Waals surface area contributed by atoms with Gasteiger partial charge in [0.2, 0.25) is 5.91 Å². The first-order valence-corrected chi connectivity index (χ1v) is 20.5. The predicted octanol–water partition coefficient (Wildman–Crippen LogP) is 4.55. The molecule has 3 heterocycles. The number of fused-ring (bicyclic) bond motifs is 2. The molecule has 2 fully saturated rings. The van der Waals surface area contributed by atoms with Gasteiger partial charge in [0, 0.05) is 19.1 Å². The molecule has 2 saturated heterocycles. The topological polar surface area (TPSA) is 146 Å². The lowest BCUT2D eigenvalue weighted by molar-refractivity contribution is -0.125. The molecule has 0 unspecified atom stereocenters. The second kappa shape index (κ2) is 15.2. The van der Waals surface area contributed by atoms with Crippen molar-refractivity contribution < 1.29 is 36.4 Å². The van der Waals surface area contributed by atoms with Gasteiger partial charge in [-0.25, -0.2) is 9.59 Å². The fourth-order valence-corrected chi connectivity index (χ4v) is 11.1. The molecule has 3 aliphatic rings. The Balaban J connectivity index is 1.29. The smallest absolute Gasteiger partial charge is 0.418 e. The Morgan fingerprint density at radius 1 is 0.904 bits per heavy atom. The van der Waals surface area contributed by atoms with Crippen LogP contribution in [0.3, 0.4) is 0 Å². The van der Waals surface area contributed by atoms with Crippen molar-refractivity contribution in [3.05, 3.63) is 115 Å². The van der Waals surface area contributed by atoms with Gasteiger partial charge in [0.25, 0.3) is 0 Å². The van der Waals surface area contributed by atoms with Crippen molar-refractivity contribution in [2.75, 3.05) is 19.6 Å². The Bertz CT molecular complexity index is 1830. The Labute approximate surface area is 305 Å². The molecule has 3 aliphatic heterocycles. The van der Waals surface area contributed by atoms with E-state index in [-0.39, 0.29) is 19.0 Å². The van der Waals surface area contributed by atoms with Gasteiger partial charge in [-0.3, -0.25) is 9.35 Å². The normalized spacial score (nSPS) is 19.9. The largest absolute Gasteiger partial charge is 0.444 e. The van der Waals surface area contributed by atoms with E-state index in [1.54, 1.807) is 31.7 Å². The summed E-state index contributed by atoms with van der Waals surface area (Å²) in [5.74, 6) is 1.77. The van der Waals surface area contributed by atoms with Crippen LogP contribution in [0.15, 0.2) is 115 Å². The Morgan fingerprint density at radius 3 is 1.90 bits per heavy atom. The summed E-state index contributed by atoms with van der Waals surface area (Å²) in [7, 11) is -7.41. The lowest BCUT2D eigenvalue weighted by Gasteiger charge is -2.35. The van der Waals surface area contributed by atoms with Crippen LogP contribution in [0.5, 0.6) is 0 Å². The monoisotopic (exact) mass is 747 g/mol. The van der Waals surface area contributed by atoms with E-state index in [1.165, 1.54) is 4.90 Å². The van der Waals surface area contributed by atoms with E-state index in [4.69, 9.17) is 9.02 Å². The molecule has 6 rings (SSSR count). The summed E-state index contributed by atoms with van der Waals surface area (Å²) < 4.78 is 43.5. The van der Waals surface area contributed by atoms with Crippen LogP contribution in [0, 0.1) is 0 Å². The number of nitrogens with zero attached hydrogens (tertiary/aromatic N) is 3. The van der Waals surface area contributed by atoms with E-state index >= 15 is 0 Å². The van der Waals surface area contributed by atoms with Crippen molar-refractivity contribution >= 4 is 51.6 Å². The third kappa shape index (κ3) is 8.23. The fraction of sp³-hybridized carbons (Fsp3) is 0.342. The number of piperidine rings is 1. The van der Waals surface area contributed by atoms with Crippen LogP contribution in [-0.4, -0.2) is 89.2 Å². The maximum Gasteiger partial charge on any atom is 0.418 e. The zero-order chi connectivity index (χ0) is 37.1. The number of nitrogens with one attached hydrogen (secondary N) is 1. The van der Waals surface area contributed by atoms with E-state index in [0.29, 0.717) is 36.6 Å². The number of ether oxygens (including phenoxy) is 1. The summed E-state index contributed by atoms with van der Waals surface area (Å²) in [4.78, 5) is 42.7. The van der Waals surface area contributed by atoms with Crippen molar-refractivity contribution in [2.45, 2.75) is 63.8 Å². The van der Waals surface area contributed by atoms with Gasteiger partial charge in [-0.2, -0.15) is 13.5 Å². The maximum atomic E-state index is 13.8. The van der Waals surface area contributed by atoms with Crippen molar-refractivity contribution in [3.8, 4) is 0 Å². The lowest BCUT2D eigenvalue weighted by atomic mass is 9.96. The molecule has 14 heteroatoms. The number of urea groups is 1. The standard InChI is InChI=1S/C38H43N4O8PS/c1-38(2,3)49-37(45)40-23-21-29(22-24-40)39-35(43)33-26-28(34-27-41(33)36(44)42(34)50-52(46,47)48)14-13-25-51(30-15-7-4-8-16-30,31-17-9-5-10-18-31)32-19-11-6-12-20-32/h4-13,15-20,25-26,29,33-34H,14,21-24,27H2,1-3H3,(H-,39,43,46,47,48)/p+1/b25-13+/t33-,34+/m0/s1. The van der Waals surface area contributed by atoms with Crippen molar-refractivity contribution in [1.82, 2.24) is 20.2 Å². The summed E-state index contributed by atoms with van der Waals surface area (Å²) in [6.07, 6.45) is 4.55. The first-order valence-electron chi connectivity index (χ1n) is 17.2. The second-order valence-corrected chi connectivity index (χ2v) is 18.3. The number of benzene rings is 3. The number of hydrogen-bond acceptors (Lipinski definition) is 7. The highest BCUT2D eigenvalue weighted by Gasteiger charge is 2.50. The molecule has 4 amide bonds. The van der Waals surface area contributed by atoms with Crippen LogP contribution >= 0.6 is 7.26 Å². The molecule has 0 saturated carbocycles. The number of allylic oxidation sites excluding steroid dienone is 1. The van der Waals surface area contributed by atoms with Gasteiger partial charge in [0.1, 0.15) is 40.9 Å². The average molecular weight is 748 g/mol. The average Bonchev–Trinajstić information content (AvgIpc) is 3.37. The number of hydrogen-bond donors (Lipinski definition) is 2. The van der Waals surface area contributed by atoms with Gasteiger partial charge in [-0.05, 0) is 88.1 Å². The van der Waals surface area contributed by atoms with Crippen LogP contribution in [0.1, 0.15) is 40.0 Å². The van der Waals surface area contributed by atoms with Crippen molar-refractivity contribution in [3.63, 3.8) is 0 Å². The zero-order valence-electron chi connectivity index (χ0n) is 29.4. The molecule has 0 aromatic heterocycles. The highest BCUT2D eigenvalue weighted by molar-refractivity contribution is 7.98. The van der Waals surface area contributed by atoms with Crippen molar-refractivity contribution in [2.24, 2.45) is 0 Å². The fourth-order valence-electron chi connectivity index (χ4n) is 6.97. The van der Waals surface area contributed by atoms with Gasteiger partial charge < -0.3 is 19.9 Å². The number of likely N-dealkylation sites (tertiary alicyclic amines) is 1. The van der Waals surface area contributed by atoms with Crippen molar-refractivity contribution in [1.29, 1.82) is 0 Å². The molecule has 3 aromatic rings. The molecular weight excluding hydrogens is 703 g/mol. The molecular formula is C38H44N4O8PS+. The highest BCUT2D eigenvalue weighted by atomic mass is 32.3. The zero-order valence-corrected chi connectivity index (χ0v) is 31.1. The first-order chi connectivity index (χ1) is 24.7. The summed E-state index contributed by atoms with van der Waals surface area (Å²) >= 11 is 0. The SMILES string of the molecule is CC(C)(C)OC(=O)N1CCC(NC(=O)[C@@H]2C=C(C/C=C/[P+](c3ccccc3)(c3ccccc3)c3ccccc3)[C@H]3CN2C(=O)N3OS(=O)(=O)O)CC1. The summed E-state index contributed by atoms with van der Waals surface area (Å²) in [5, 5.41) is 7.07. The molecule has 2 N–H and O–H groups in total. The Kier molecular flexibility index (Phi) is 10.9. The molecule has 2 atom stereocenters. The van der Waals surface area contributed by atoms with Gasteiger partial charge in [0.05, 0.1) is 12.4 Å². The van der Waals surface area contributed by atoms with E-state index in [9.17, 15) is 27.4 Å². The van der Waals surface area contributed by atoms with Gasteiger partial charge in [0.15, 0.2) is 0 Å². The molecule has 0 aliphatic carbocycles. The minimum absolute atomic E-state index is 0.0143. The Hall–Kier alpha value is -4.55. The second-order valence-electron chi connectivity index (χ2n) is 14.0. The minimum Gasteiger partial charge on any atom is -0.444 e. The maximum absolute atomic E-state index is 13.8. The number of hydroxylamine groups is 2. The highest BCUT2D eigenvalue weighted by Crippen LogP contribution is 2.57. The summed E-state index contributed by atoms with van der Waals surface area (Å²) in [6.45, 7) is 6.19. The van der Waals surface area contributed by atoms with Gasteiger partial charge in [-0.1, -0.05) is 60.7 Å². The molecule has 0 spiro atoms. The van der Waals surface area contributed by atoms with E-state index in [1.807, 2.05) is 60.7 Å². The molecule has 52 heavy (non-hydrogen) atoms. The predicted molar refractivity (Wildman–Crippen MR) is 200 cm³/mol. The van der Waals surface area contributed by atoms with Crippen LogP contribution in [0.2, 0.25) is 0 Å². The Morgan fingerprint density at radius 2 is 1.42 bits per heavy atom. The number of amides is 4. The number of carbonyl (C=O) groups excluding carboxylic acids is 3. The third-order valence-corrected chi connectivity index (χ3v) is 13.7. The van der Waals surface area contributed by atoms with Crippen LogP contribution < -0.4 is 21.2 Å². The molecule has 12 nitrogen and oxygen atoms in total.